The molecule has 1 unspecified atom stereocenters. The summed E-state index contributed by atoms with van der Waals surface area (Å²) in [5, 5.41) is 6.21. The third-order valence-corrected chi connectivity index (χ3v) is 6.49. The summed E-state index contributed by atoms with van der Waals surface area (Å²) in [6, 6.07) is 6.88. The average Bonchev–Trinajstić information content (AvgIpc) is 2.85. The number of amides is 2. The van der Waals surface area contributed by atoms with Gasteiger partial charge in [0.25, 0.3) is 5.91 Å². The second-order valence-electron chi connectivity index (χ2n) is 11.3. The van der Waals surface area contributed by atoms with E-state index in [1.54, 1.807) is 0 Å². The van der Waals surface area contributed by atoms with Gasteiger partial charge in [-0.1, -0.05) is 6.07 Å². The number of nitrogens with zero attached hydrogens (tertiary/aromatic N) is 1. The lowest BCUT2D eigenvalue weighted by atomic mass is 9.90. The number of ether oxygens (including phenoxy) is 1. The fourth-order valence-corrected chi connectivity index (χ4v) is 5.22. The minimum absolute atomic E-state index is 0.0870. The van der Waals surface area contributed by atoms with Crippen molar-refractivity contribution in [2.75, 3.05) is 13.1 Å². The third-order valence-electron chi connectivity index (χ3n) is 6.49. The topological polar surface area (TPSA) is 70.7 Å². The molecule has 0 aromatic heterocycles. The van der Waals surface area contributed by atoms with Crippen LogP contribution in [0.5, 0.6) is 5.75 Å². The van der Waals surface area contributed by atoms with Crippen LogP contribution in [0.1, 0.15) is 71.4 Å². The first-order chi connectivity index (χ1) is 14.8. The first-order valence-electron chi connectivity index (χ1n) is 11.9. The van der Waals surface area contributed by atoms with Gasteiger partial charge in [-0.15, -0.1) is 0 Å². The lowest BCUT2D eigenvalue weighted by molar-refractivity contribution is -0.134. The zero-order valence-corrected chi connectivity index (χ0v) is 20.9. The van der Waals surface area contributed by atoms with Gasteiger partial charge < -0.3 is 15.4 Å². The van der Waals surface area contributed by atoms with E-state index in [2.05, 4.69) is 21.6 Å². The van der Waals surface area contributed by atoms with Crippen LogP contribution in [-0.2, 0) is 9.59 Å². The Kier molecular flexibility index (Phi) is 7.23. The first-order valence-corrected chi connectivity index (χ1v) is 11.9. The molecule has 6 heteroatoms. The summed E-state index contributed by atoms with van der Waals surface area (Å²) in [6.45, 7) is 14.9. The second-order valence-corrected chi connectivity index (χ2v) is 11.3. The normalized spacial score (nSPS) is 23.7. The van der Waals surface area contributed by atoms with Crippen LogP contribution in [0, 0.1) is 19.8 Å². The van der Waals surface area contributed by atoms with E-state index in [0.717, 1.165) is 42.6 Å². The number of piperidine rings is 1. The van der Waals surface area contributed by atoms with Gasteiger partial charge in [-0.05, 0) is 103 Å². The molecule has 3 atom stereocenters. The molecule has 2 saturated heterocycles. The van der Waals surface area contributed by atoms with Crippen LogP contribution < -0.4 is 15.4 Å². The smallest absolute Gasteiger partial charge is 0.263 e. The highest BCUT2D eigenvalue weighted by Gasteiger charge is 2.42. The van der Waals surface area contributed by atoms with Crippen molar-refractivity contribution in [2.45, 2.75) is 97.4 Å². The van der Waals surface area contributed by atoms with Gasteiger partial charge >= 0.3 is 0 Å². The zero-order chi connectivity index (χ0) is 23.7. The van der Waals surface area contributed by atoms with Crippen molar-refractivity contribution < 1.29 is 14.3 Å². The summed E-state index contributed by atoms with van der Waals surface area (Å²) in [7, 11) is 0. The fourth-order valence-electron chi connectivity index (χ4n) is 5.22. The number of rotatable bonds is 7. The lowest BCUT2D eigenvalue weighted by Crippen LogP contribution is -2.53. The molecule has 0 saturated carbocycles. The summed E-state index contributed by atoms with van der Waals surface area (Å²) in [5.74, 6) is 1.18. The minimum Gasteiger partial charge on any atom is -0.478 e. The van der Waals surface area contributed by atoms with Gasteiger partial charge in [-0.3, -0.25) is 14.5 Å². The highest BCUT2D eigenvalue weighted by Crippen LogP contribution is 2.38. The van der Waals surface area contributed by atoms with E-state index >= 15 is 0 Å². The maximum atomic E-state index is 12.9. The molecular weight excluding hydrogens is 402 g/mol. The maximum Gasteiger partial charge on any atom is 0.263 e. The maximum absolute atomic E-state index is 12.9. The van der Waals surface area contributed by atoms with E-state index < -0.39 is 5.60 Å². The molecule has 1 aromatic rings. The van der Waals surface area contributed by atoms with Gasteiger partial charge in [0.2, 0.25) is 5.91 Å². The van der Waals surface area contributed by atoms with Gasteiger partial charge in [0, 0.05) is 24.2 Å². The van der Waals surface area contributed by atoms with Crippen LogP contribution in [0.4, 0.5) is 0 Å². The number of carbonyl (C=O) groups is 2. The van der Waals surface area contributed by atoms with Crippen LogP contribution >= 0.6 is 0 Å². The van der Waals surface area contributed by atoms with E-state index in [1.165, 1.54) is 0 Å². The predicted molar refractivity (Wildman–Crippen MR) is 128 cm³/mol. The third kappa shape index (κ3) is 6.47. The van der Waals surface area contributed by atoms with Gasteiger partial charge in [0.15, 0.2) is 5.60 Å². The van der Waals surface area contributed by atoms with E-state index in [1.807, 2.05) is 60.6 Å². The van der Waals surface area contributed by atoms with Crippen molar-refractivity contribution in [3.8, 4) is 5.75 Å². The average molecular weight is 444 g/mol. The molecule has 2 heterocycles. The fraction of sp³-hybridized carbons (Fsp3) is 0.692. The molecule has 2 amide bonds. The molecule has 2 aliphatic rings. The van der Waals surface area contributed by atoms with E-state index in [9.17, 15) is 9.59 Å². The molecule has 6 nitrogen and oxygen atoms in total. The molecule has 2 fully saturated rings. The zero-order valence-electron chi connectivity index (χ0n) is 20.9. The molecule has 178 valence electrons. The molecule has 32 heavy (non-hydrogen) atoms. The largest absolute Gasteiger partial charge is 0.478 e. The number of fused-ring (bicyclic) bond motifs is 2. The molecule has 0 spiro atoms. The van der Waals surface area contributed by atoms with Crippen molar-refractivity contribution in [1.29, 1.82) is 0 Å². The van der Waals surface area contributed by atoms with Crippen molar-refractivity contribution in [2.24, 2.45) is 5.92 Å². The van der Waals surface area contributed by atoms with Crippen molar-refractivity contribution >= 4 is 11.8 Å². The number of aryl methyl sites for hydroxylation is 2. The molecule has 2 N–H and O–H groups in total. The number of hydrogen-bond acceptors (Lipinski definition) is 4. The van der Waals surface area contributed by atoms with Crippen LogP contribution in [0.2, 0.25) is 0 Å². The Morgan fingerprint density at radius 3 is 2.09 bits per heavy atom. The predicted octanol–water partition coefficient (Wildman–Crippen LogP) is 3.73. The van der Waals surface area contributed by atoms with Crippen LogP contribution in [-0.4, -0.2) is 53.0 Å². The number of nitrogens with one attached hydrogen (secondary N) is 2. The Bertz CT molecular complexity index is 809. The van der Waals surface area contributed by atoms with Gasteiger partial charge in [-0.25, -0.2) is 0 Å². The summed E-state index contributed by atoms with van der Waals surface area (Å²) < 4.78 is 6.06. The Morgan fingerprint density at radius 2 is 1.56 bits per heavy atom. The number of benzene rings is 1. The highest BCUT2D eigenvalue weighted by molar-refractivity contribution is 5.84. The van der Waals surface area contributed by atoms with Gasteiger partial charge in [-0.2, -0.15) is 0 Å². The standard InChI is InChI=1S/C26H41N3O3/c1-17-10-18(2)12-22(11-17)32-26(6,7)24(31)27-15-19-13-20-8-9-21(14-19)29(20)16-23(30)28-25(3,4)5/h10-12,19-21H,8-9,13-16H2,1-7H3,(H,27,31)(H,28,30)/t19?,20-,21+. The van der Waals surface area contributed by atoms with E-state index in [0.29, 0.717) is 31.1 Å². The Hall–Kier alpha value is -2.08. The second kappa shape index (κ2) is 9.42. The molecule has 1 aromatic carbocycles. The van der Waals surface area contributed by atoms with Gasteiger partial charge in [0.1, 0.15) is 5.75 Å². The molecular formula is C26H41N3O3. The SMILES string of the molecule is Cc1cc(C)cc(OC(C)(C)C(=O)NCC2C[C@H]3CC[C@@H](C2)N3CC(=O)NC(C)(C)C)c1. The Morgan fingerprint density at radius 1 is 1.00 bits per heavy atom. The quantitative estimate of drug-likeness (QED) is 0.674. The minimum atomic E-state index is -0.940. The van der Waals surface area contributed by atoms with E-state index in [-0.39, 0.29) is 17.4 Å². The number of carbonyl (C=O) groups excluding carboxylic acids is 2. The number of hydrogen-bond donors (Lipinski definition) is 2. The van der Waals surface area contributed by atoms with Crippen molar-refractivity contribution in [3.05, 3.63) is 29.3 Å². The summed E-state index contributed by atoms with van der Waals surface area (Å²) in [5.41, 5.74) is 1.10. The Balaban J connectivity index is 1.50. The van der Waals surface area contributed by atoms with Crippen molar-refractivity contribution in [3.63, 3.8) is 0 Å². The van der Waals surface area contributed by atoms with Crippen LogP contribution in [0.15, 0.2) is 18.2 Å². The molecule has 2 bridgehead atoms. The van der Waals surface area contributed by atoms with Gasteiger partial charge in [0.05, 0.1) is 6.54 Å². The van der Waals surface area contributed by atoms with Crippen LogP contribution in [0.25, 0.3) is 0 Å². The first kappa shape index (κ1) is 24.6. The molecule has 0 radical (unpaired) electrons. The molecule has 2 aliphatic heterocycles. The lowest BCUT2D eigenvalue weighted by Gasteiger charge is -2.39. The summed E-state index contributed by atoms with van der Waals surface area (Å²) in [6.07, 6.45) is 4.33. The van der Waals surface area contributed by atoms with Crippen LogP contribution in [0.3, 0.4) is 0 Å². The summed E-state index contributed by atoms with van der Waals surface area (Å²) >= 11 is 0. The Labute approximate surface area is 193 Å². The summed E-state index contributed by atoms with van der Waals surface area (Å²) in [4.78, 5) is 27.7. The molecule has 3 rings (SSSR count). The monoisotopic (exact) mass is 443 g/mol. The molecule has 0 aliphatic carbocycles. The van der Waals surface area contributed by atoms with E-state index in [4.69, 9.17) is 4.74 Å². The highest BCUT2D eigenvalue weighted by atomic mass is 16.5. The van der Waals surface area contributed by atoms with Crippen molar-refractivity contribution in [1.82, 2.24) is 15.5 Å².